The monoisotopic (exact) mass is 250 g/mol. The third-order valence-electron chi connectivity index (χ3n) is 2.88. The maximum absolute atomic E-state index is 10.8. The first kappa shape index (κ1) is 14.3. The van der Waals surface area contributed by atoms with Crippen LogP contribution in [0.15, 0.2) is 24.3 Å². The van der Waals surface area contributed by atoms with Crippen molar-refractivity contribution in [2.75, 3.05) is 0 Å². The van der Waals surface area contributed by atoms with Gasteiger partial charge in [-0.25, -0.2) is 0 Å². The number of phenolic OH excluding ortho intramolecular Hbond substituents is 2. The lowest BCUT2D eigenvalue weighted by Crippen LogP contribution is -2.13. The van der Waals surface area contributed by atoms with E-state index in [0.29, 0.717) is 11.1 Å². The zero-order valence-corrected chi connectivity index (χ0v) is 10.7. The Morgan fingerprint density at radius 1 is 1.28 bits per heavy atom. The van der Waals surface area contributed by atoms with Gasteiger partial charge in [-0.05, 0) is 37.6 Å². The molecule has 1 rings (SSSR count). The number of phenols is 2. The number of aliphatic hydroxyl groups excluding tert-OH is 1. The van der Waals surface area contributed by atoms with Gasteiger partial charge in [-0.1, -0.05) is 13.0 Å². The van der Waals surface area contributed by atoms with Crippen LogP contribution in [0.25, 0.3) is 0 Å². The van der Waals surface area contributed by atoms with E-state index in [0.717, 1.165) is 0 Å². The molecule has 0 fully saturated rings. The SMILES string of the molecule is CC(=O)/C=C\C(O)C(C)c1cc(O)c(C)cc1O. The first-order valence-corrected chi connectivity index (χ1v) is 5.72. The Morgan fingerprint density at radius 2 is 1.89 bits per heavy atom. The molecule has 0 bridgehead atoms. The normalized spacial score (nSPS) is 14.7. The van der Waals surface area contributed by atoms with Crippen LogP contribution in [0.4, 0.5) is 0 Å². The molecule has 0 aliphatic heterocycles. The van der Waals surface area contributed by atoms with Crippen LogP contribution < -0.4 is 0 Å². The Bertz CT molecular complexity index is 477. The van der Waals surface area contributed by atoms with Gasteiger partial charge in [0, 0.05) is 11.5 Å². The molecule has 4 heteroatoms. The van der Waals surface area contributed by atoms with Crippen LogP contribution in [0.3, 0.4) is 0 Å². The van der Waals surface area contributed by atoms with Crippen molar-refractivity contribution in [3.8, 4) is 11.5 Å². The summed E-state index contributed by atoms with van der Waals surface area (Å²) in [5.74, 6) is -0.491. The zero-order chi connectivity index (χ0) is 13.9. The topological polar surface area (TPSA) is 77.8 Å². The van der Waals surface area contributed by atoms with Crippen LogP contribution in [0.5, 0.6) is 11.5 Å². The second-order valence-corrected chi connectivity index (χ2v) is 4.45. The Balaban J connectivity index is 3.00. The molecule has 0 aliphatic rings. The fraction of sp³-hybridized carbons (Fsp3) is 0.357. The van der Waals surface area contributed by atoms with Crippen LogP contribution in [0.2, 0.25) is 0 Å². The summed E-state index contributed by atoms with van der Waals surface area (Å²) in [6, 6.07) is 2.88. The number of carbonyl (C=O) groups excluding carboxylic acids is 1. The summed E-state index contributed by atoms with van der Waals surface area (Å²) >= 11 is 0. The molecule has 98 valence electrons. The third kappa shape index (κ3) is 3.34. The summed E-state index contributed by atoms with van der Waals surface area (Å²) in [6.45, 7) is 4.78. The van der Waals surface area contributed by atoms with Crippen molar-refractivity contribution in [1.29, 1.82) is 0 Å². The van der Waals surface area contributed by atoms with E-state index in [1.165, 1.54) is 31.2 Å². The predicted molar refractivity (Wildman–Crippen MR) is 68.8 cm³/mol. The molecule has 0 aromatic heterocycles. The fourth-order valence-electron chi connectivity index (χ4n) is 1.65. The predicted octanol–water partition coefficient (Wildman–Crippen LogP) is 2.02. The highest BCUT2D eigenvalue weighted by atomic mass is 16.3. The van der Waals surface area contributed by atoms with E-state index in [1.54, 1.807) is 13.8 Å². The smallest absolute Gasteiger partial charge is 0.152 e. The van der Waals surface area contributed by atoms with Gasteiger partial charge in [0.15, 0.2) is 5.78 Å². The zero-order valence-electron chi connectivity index (χ0n) is 10.7. The van der Waals surface area contributed by atoms with Gasteiger partial charge in [-0.2, -0.15) is 0 Å². The number of rotatable bonds is 4. The van der Waals surface area contributed by atoms with E-state index in [2.05, 4.69) is 0 Å². The van der Waals surface area contributed by atoms with E-state index in [-0.39, 0.29) is 17.3 Å². The van der Waals surface area contributed by atoms with Gasteiger partial charge in [-0.3, -0.25) is 4.79 Å². The molecular weight excluding hydrogens is 232 g/mol. The van der Waals surface area contributed by atoms with Gasteiger partial charge in [0.05, 0.1) is 6.10 Å². The minimum atomic E-state index is -0.901. The molecule has 3 N–H and O–H groups in total. The maximum atomic E-state index is 10.8. The van der Waals surface area contributed by atoms with Gasteiger partial charge in [0.2, 0.25) is 0 Å². The van der Waals surface area contributed by atoms with Crippen LogP contribution >= 0.6 is 0 Å². The second-order valence-electron chi connectivity index (χ2n) is 4.45. The number of aromatic hydroxyl groups is 2. The lowest BCUT2D eigenvalue weighted by Gasteiger charge is -2.18. The number of hydrogen-bond donors (Lipinski definition) is 3. The van der Waals surface area contributed by atoms with E-state index >= 15 is 0 Å². The molecule has 0 aliphatic carbocycles. The quantitative estimate of drug-likeness (QED) is 0.564. The lowest BCUT2D eigenvalue weighted by atomic mass is 9.93. The van der Waals surface area contributed by atoms with Gasteiger partial charge in [0.1, 0.15) is 11.5 Å². The molecular formula is C14H18O4. The Labute approximate surface area is 106 Å². The first-order valence-electron chi connectivity index (χ1n) is 5.72. The van der Waals surface area contributed by atoms with Crippen molar-refractivity contribution in [3.05, 3.63) is 35.4 Å². The summed E-state index contributed by atoms with van der Waals surface area (Å²) in [4.78, 5) is 10.8. The molecule has 0 heterocycles. The minimum absolute atomic E-state index is 0.0214. The summed E-state index contributed by atoms with van der Waals surface area (Å²) in [6.07, 6.45) is 1.76. The van der Waals surface area contributed by atoms with Crippen LogP contribution in [-0.2, 0) is 4.79 Å². The molecule has 0 radical (unpaired) electrons. The van der Waals surface area contributed by atoms with E-state index in [4.69, 9.17) is 0 Å². The molecule has 2 unspecified atom stereocenters. The summed E-state index contributed by atoms with van der Waals surface area (Å²) in [5, 5.41) is 29.3. The molecule has 0 spiro atoms. The van der Waals surface area contributed by atoms with Crippen molar-refractivity contribution in [2.45, 2.75) is 32.8 Å². The number of aryl methyl sites for hydroxylation is 1. The summed E-state index contributed by atoms with van der Waals surface area (Å²) < 4.78 is 0. The standard InChI is InChI=1S/C14H18O4/c1-8-6-14(18)11(7-13(8)17)10(3)12(16)5-4-9(2)15/h4-7,10,12,16-18H,1-3H3/b5-4-. The third-order valence-corrected chi connectivity index (χ3v) is 2.88. The number of hydrogen-bond acceptors (Lipinski definition) is 4. The Hall–Kier alpha value is -1.81. The van der Waals surface area contributed by atoms with Crippen molar-refractivity contribution in [3.63, 3.8) is 0 Å². The van der Waals surface area contributed by atoms with Gasteiger partial charge < -0.3 is 15.3 Å². The second kappa shape index (κ2) is 5.69. The molecule has 4 nitrogen and oxygen atoms in total. The van der Waals surface area contributed by atoms with Crippen molar-refractivity contribution >= 4 is 5.78 Å². The number of allylic oxidation sites excluding steroid dienone is 1. The van der Waals surface area contributed by atoms with Gasteiger partial charge >= 0.3 is 0 Å². The highest BCUT2D eigenvalue weighted by Crippen LogP contribution is 2.33. The van der Waals surface area contributed by atoms with E-state index < -0.39 is 12.0 Å². The summed E-state index contributed by atoms with van der Waals surface area (Å²) in [7, 11) is 0. The molecule has 18 heavy (non-hydrogen) atoms. The molecule has 0 amide bonds. The average Bonchev–Trinajstić information content (AvgIpc) is 2.29. The maximum Gasteiger partial charge on any atom is 0.152 e. The highest BCUT2D eigenvalue weighted by Gasteiger charge is 2.18. The van der Waals surface area contributed by atoms with Crippen LogP contribution in [-0.4, -0.2) is 27.2 Å². The number of aliphatic hydroxyl groups is 1. The number of ketones is 1. The molecule has 1 aromatic rings. The first-order chi connectivity index (χ1) is 8.32. The molecule has 2 atom stereocenters. The van der Waals surface area contributed by atoms with Gasteiger partial charge in [0.25, 0.3) is 0 Å². The molecule has 1 aromatic carbocycles. The van der Waals surface area contributed by atoms with Gasteiger partial charge in [-0.15, -0.1) is 0 Å². The van der Waals surface area contributed by atoms with Crippen molar-refractivity contribution in [2.24, 2.45) is 0 Å². The minimum Gasteiger partial charge on any atom is -0.508 e. The number of carbonyl (C=O) groups is 1. The fourth-order valence-corrected chi connectivity index (χ4v) is 1.65. The van der Waals surface area contributed by atoms with Crippen molar-refractivity contribution in [1.82, 2.24) is 0 Å². The highest BCUT2D eigenvalue weighted by molar-refractivity contribution is 5.87. The summed E-state index contributed by atoms with van der Waals surface area (Å²) in [5.41, 5.74) is 1.01. The largest absolute Gasteiger partial charge is 0.508 e. The molecule has 0 saturated carbocycles. The van der Waals surface area contributed by atoms with Crippen LogP contribution in [0, 0.1) is 6.92 Å². The Kier molecular flexibility index (Phi) is 4.50. The number of benzene rings is 1. The Morgan fingerprint density at radius 3 is 2.44 bits per heavy atom. The lowest BCUT2D eigenvalue weighted by molar-refractivity contribution is -0.112. The van der Waals surface area contributed by atoms with E-state index in [9.17, 15) is 20.1 Å². The molecule has 0 saturated heterocycles. The average molecular weight is 250 g/mol. The van der Waals surface area contributed by atoms with Crippen LogP contribution in [0.1, 0.15) is 30.9 Å². The van der Waals surface area contributed by atoms with Crippen molar-refractivity contribution < 1.29 is 20.1 Å². The van der Waals surface area contributed by atoms with E-state index in [1.807, 2.05) is 0 Å².